The van der Waals surface area contributed by atoms with E-state index < -0.39 is 31.9 Å². The van der Waals surface area contributed by atoms with Crippen molar-refractivity contribution in [2.24, 2.45) is 0 Å². The van der Waals surface area contributed by atoms with Gasteiger partial charge in [-0.05, 0) is 56.2 Å². The summed E-state index contributed by atoms with van der Waals surface area (Å²) in [6.07, 6.45) is 2.13. The fourth-order valence-corrected chi connectivity index (χ4v) is 6.87. The Bertz CT molecular complexity index is 1770. The van der Waals surface area contributed by atoms with E-state index in [1.165, 1.54) is 22.7 Å². The number of nitrogens with zero attached hydrogens (tertiary/aromatic N) is 2. The molecule has 0 radical (unpaired) electrons. The predicted octanol–water partition coefficient (Wildman–Crippen LogP) is 1.02. The minimum atomic E-state index is -3.36. The Kier molecular flexibility index (Phi) is 13.8. The monoisotopic (exact) mass is 668 g/mol. The first-order chi connectivity index (χ1) is 18.6. The number of fused-ring (bicyclic) bond motifs is 2. The molecular formula is C24H29N4NaO9S4. The third-order valence-corrected chi connectivity index (χ3v) is 8.63. The molecule has 0 fully saturated rings. The van der Waals surface area contributed by atoms with Gasteiger partial charge in [-0.3, -0.25) is 19.0 Å². The van der Waals surface area contributed by atoms with Crippen LogP contribution in [0.2, 0.25) is 0 Å². The topological polar surface area (TPSA) is 212 Å². The fraction of sp³-hybridized carbons (Fsp3) is 0.333. The number of carbonyl (C=O) groups excluding carboxylic acids is 1. The maximum absolute atomic E-state index is 11.7. The summed E-state index contributed by atoms with van der Waals surface area (Å²) in [7, 11) is -6.71. The number of carbonyl (C=O) groups is 2. The quantitative estimate of drug-likeness (QED) is 0.169. The van der Waals surface area contributed by atoms with Crippen LogP contribution in [-0.4, -0.2) is 68.4 Å². The fourth-order valence-electron chi connectivity index (χ4n) is 3.37. The van der Waals surface area contributed by atoms with Crippen molar-refractivity contribution in [1.82, 2.24) is 9.97 Å². The number of carboxylic acids is 1. The van der Waals surface area contributed by atoms with E-state index in [1.54, 1.807) is 51.1 Å². The molecule has 2 aromatic heterocycles. The van der Waals surface area contributed by atoms with Gasteiger partial charge in [-0.1, -0.05) is 34.8 Å². The zero-order chi connectivity index (χ0) is 29.8. The van der Waals surface area contributed by atoms with Crippen molar-refractivity contribution in [2.75, 3.05) is 28.6 Å². The van der Waals surface area contributed by atoms with E-state index in [0.717, 1.165) is 27.5 Å². The first-order valence-electron chi connectivity index (χ1n) is 11.7. The van der Waals surface area contributed by atoms with Gasteiger partial charge < -0.3 is 15.3 Å². The molecule has 2 atom stereocenters. The number of anilines is 2. The summed E-state index contributed by atoms with van der Waals surface area (Å²) >= 11 is 2.40. The van der Waals surface area contributed by atoms with Crippen LogP contribution < -0.4 is 39.0 Å². The van der Waals surface area contributed by atoms with Crippen molar-refractivity contribution in [3.63, 3.8) is 0 Å². The average molecular weight is 669 g/mol. The van der Waals surface area contributed by atoms with Crippen molar-refractivity contribution in [3.05, 3.63) is 47.5 Å². The number of thiazole rings is 2. The number of nitrogens with one attached hydrogen (secondary N) is 2. The molecular weight excluding hydrogens is 640 g/mol. The number of esters is 1. The Balaban J connectivity index is 0.000000403. The first-order valence-corrected chi connectivity index (χ1v) is 17.1. The number of aliphatic carboxylic acids is 1. The molecule has 4 aromatic rings. The normalized spacial score (nSPS) is 12.6. The number of benzene rings is 2. The van der Waals surface area contributed by atoms with Crippen molar-refractivity contribution >= 4 is 85.4 Å². The maximum Gasteiger partial charge on any atom is 1.00 e. The van der Waals surface area contributed by atoms with Crippen molar-refractivity contribution in [1.29, 1.82) is 0 Å². The van der Waals surface area contributed by atoms with E-state index in [-0.39, 0.29) is 52.1 Å². The summed E-state index contributed by atoms with van der Waals surface area (Å²) in [5.41, 5.74) is 2.80. The molecule has 2 aromatic carbocycles. The van der Waals surface area contributed by atoms with Gasteiger partial charge in [-0.2, -0.15) is 0 Å². The Labute approximate surface area is 273 Å². The molecule has 2 heterocycles. The average Bonchev–Trinajstić information content (AvgIpc) is 3.42. The molecule has 224 valence electrons. The van der Waals surface area contributed by atoms with Crippen LogP contribution >= 0.6 is 22.7 Å². The van der Waals surface area contributed by atoms with Crippen molar-refractivity contribution in [2.45, 2.75) is 32.6 Å². The number of hydrogen-bond acceptors (Lipinski definition) is 12. The number of aromatic nitrogens is 2. The molecule has 42 heavy (non-hydrogen) atoms. The Morgan fingerprint density at radius 2 is 1.26 bits per heavy atom. The third-order valence-electron chi connectivity index (χ3n) is 5.38. The predicted molar refractivity (Wildman–Crippen MR) is 159 cm³/mol. The van der Waals surface area contributed by atoms with Crippen molar-refractivity contribution < 1.29 is 71.3 Å². The summed E-state index contributed by atoms with van der Waals surface area (Å²) in [5.74, 6) is -2.17. The molecule has 0 aliphatic carbocycles. The van der Waals surface area contributed by atoms with E-state index in [2.05, 4.69) is 19.4 Å². The minimum Gasteiger partial charge on any atom is -0.870 e. The maximum atomic E-state index is 11.7. The van der Waals surface area contributed by atoms with E-state index in [9.17, 15) is 26.4 Å². The molecule has 0 aliphatic heterocycles. The molecule has 0 amide bonds. The molecule has 0 saturated carbocycles. The molecule has 4 rings (SSSR count). The Hall–Kier alpha value is -2.38. The van der Waals surface area contributed by atoms with Gasteiger partial charge in [0.2, 0.25) is 20.0 Å². The summed E-state index contributed by atoms with van der Waals surface area (Å²) in [4.78, 5) is 31.0. The van der Waals surface area contributed by atoms with Crippen LogP contribution in [0.5, 0.6) is 0 Å². The van der Waals surface area contributed by atoms with E-state index in [0.29, 0.717) is 28.3 Å². The van der Waals surface area contributed by atoms with Crippen LogP contribution in [0.1, 0.15) is 43.7 Å². The van der Waals surface area contributed by atoms with Crippen LogP contribution in [0.15, 0.2) is 36.4 Å². The van der Waals surface area contributed by atoms with Crippen LogP contribution in [0.3, 0.4) is 0 Å². The second-order valence-corrected chi connectivity index (χ2v) is 14.3. The SMILES string of the molecule is CC(C(=O)O)c1ccc2nc(NS(C)(=O)=O)sc2c1.CCOC(=O)C(C)c1ccc2nc(NS(C)(=O)=O)sc2c1.[Na+].[OH-]. The van der Waals surface area contributed by atoms with Gasteiger partial charge in [0.1, 0.15) is 0 Å². The number of carboxylic acid groups (broad SMARTS) is 1. The number of rotatable bonds is 9. The molecule has 0 spiro atoms. The van der Waals surface area contributed by atoms with Crippen LogP contribution in [0.4, 0.5) is 10.3 Å². The second-order valence-electron chi connectivity index (χ2n) is 8.77. The van der Waals surface area contributed by atoms with Crippen LogP contribution in [0, 0.1) is 0 Å². The molecule has 18 heteroatoms. The summed E-state index contributed by atoms with van der Waals surface area (Å²) in [5, 5.41) is 9.55. The summed E-state index contributed by atoms with van der Waals surface area (Å²) in [6.45, 7) is 5.48. The van der Waals surface area contributed by atoms with Crippen LogP contribution in [0.25, 0.3) is 20.4 Å². The van der Waals surface area contributed by atoms with Gasteiger partial charge >= 0.3 is 41.5 Å². The first kappa shape index (κ1) is 37.6. The minimum absolute atomic E-state index is 0. The standard InChI is InChI=1S/C13H16N2O4S2.C11H12N2O4S2.Na.H2O/c1-4-19-12(16)8(2)9-5-6-10-11(7-9)20-13(14-10)15-21(3,17)18;1-6(10(14)15)7-3-4-8-9(5-7)18-11(12-8)13-19(2,16)17;;/h5-8H,4H2,1-3H3,(H,14,15);3-6H,1-2H3,(H,12,13)(H,14,15);;1H2/q;;+1;/p-1. The Morgan fingerprint density at radius 3 is 1.62 bits per heavy atom. The molecule has 13 nitrogen and oxygen atoms in total. The van der Waals surface area contributed by atoms with E-state index in [1.807, 2.05) is 6.07 Å². The van der Waals surface area contributed by atoms with Gasteiger partial charge in [0.05, 0.1) is 51.4 Å². The zero-order valence-corrected chi connectivity index (χ0v) is 28.9. The third kappa shape index (κ3) is 10.7. The smallest absolute Gasteiger partial charge is 0.870 e. The number of sulfonamides is 2. The molecule has 0 bridgehead atoms. The largest absolute Gasteiger partial charge is 1.00 e. The molecule has 4 N–H and O–H groups in total. The van der Waals surface area contributed by atoms with Gasteiger partial charge in [0.15, 0.2) is 10.3 Å². The van der Waals surface area contributed by atoms with Crippen LogP contribution in [-0.2, 0) is 34.4 Å². The summed E-state index contributed by atoms with van der Waals surface area (Å²) in [6, 6.07) is 10.5. The van der Waals surface area contributed by atoms with Gasteiger partial charge in [-0.25, -0.2) is 26.8 Å². The summed E-state index contributed by atoms with van der Waals surface area (Å²) < 4.78 is 55.9. The Morgan fingerprint density at radius 1 is 0.857 bits per heavy atom. The van der Waals surface area contributed by atoms with E-state index in [4.69, 9.17) is 9.84 Å². The molecule has 0 saturated heterocycles. The van der Waals surface area contributed by atoms with Crippen molar-refractivity contribution in [3.8, 4) is 0 Å². The number of ether oxygens (including phenoxy) is 1. The van der Waals surface area contributed by atoms with Gasteiger partial charge in [-0.15, -0.1) is 0 Å². The van der Waals surface area contributed by atoms with Gasteiger partial charge in [0.25, 0.3) is 0 Å². The van der Waals surface area contributed by atoms with E-state index >= 15 is 0 Å². The molecule has 2 unspecified atom stereocenters. The van der Waals surface area contributed by atoms with Gasteiger partial charge in [0, 0.05) is 0 Å². The number of hydrogen-bond donors (Lipinski definition) is 3. The molecule has 0 aliphatic rings. The zero-order valence-electron chi connectivity index (χ0n) is 23.6. The second kappa shape index (κ2) is 15.4.